The molecule has 0 aromatic carbocycles. The smallest absolute Gasteiger partial charge is 0.252 e. The van der Waals surface area contributed by atoms with Crippen LogP contribution in [-0.4, -0.2) is 64.9 Å². The summed E-state index contributed by atoms with van der Waals surface area (Å²) in [7, 11) is -4.08. The van der Waals surface area contributed by atoms with Gasteiger partial charge in [-0.25, -0.2) is 8.42 Å². The van der Waals surface area contributed by atoms with E-state index in [-0.39, 0.29) is 17.9 Å². The van der Waals surface area contributed by atoms with Crippen LogP contribution < -0.4 is 5.73 Å². The van der Waals surface area contributed by atoms with Crippen molar-refractivity contribution in [1.29, 1.82) is 0 Å². The predicted octanol–water partition coefficient (Wildman–Crippen LogP) is 0.655. The average Bonchev–Trinajstić information content (AvgIpc) is 3.31. The Labute approximate surface area is 182 Å². The molecule has 1 aromatic heterocycles. The van der Waals surface area contributed by atoms with E-state index in [4.69, 9.17) is 5.73 Å². The van der Waals surface area contributed by atoms with Gasteiger partial charge in [0.15, 0.2) is 11.3 Å². The summed E-state index contributed by atoms with van der Waals surface area (Å²) in [6.45, 7) is -0.407. The van der Waals surface area contributed by atoms with Crippen LogP contribution in [0.5, 0.6) is 0 Å². The number of sulfonamides is 1. The molecule has 10 heteroatoms. The first kappa shape index (κ1) is 21.9. The molecule has 1 aliphatic carbocycles. The lowest BCUT2D eigenvalue weighted by molar-refractivity contribution is -0.147. The van der Waals surface area contributed by atoms with Crippen molar-refractivity contribution in [1.82, 2.24) is 14.2 Å². The van der Waals surface area contributed by atoms with Gasteiger partial charge in [-0.2, -0.15) is 4.31 Å². The molecule has 167 valence electrons. The molecule has 1 aromatic rings. The van der Waals surface area contributed by atoms with E-state index in [0.29, 0.717) is 12.3 Å². The fourth-order valence-electron chi connectivity index (χ4n) is 5.28. The van der Waals surface area contributed by atoms with Crippen molar-refractivity contribution in [2.45, 2.75) is 61.4 Å². The number of carbonyl (C=O) groups is 3. The van der Waals surface area contributed by atoms with Gasteiger partial charge >= 0.3 is 0 Å². The van der Waals surface area contributed by atoms with Crippen molar-refractivity contribution in [3.63, 3.8) is 0 Å². The second kappa shape index (κ2) is 8.31. The third kappa shape index (κ3) is 3.55. The van der Waals surface area contributed by atoms with Gasteiger partial charge in [-0.1, -0.05) is 32.1 Å². The Morgan fingerprint density at radius 1 is 1.23 bits per heavy atom. The molecular formula is C21H27N4O5S. The third-order valence-electron chi connectivity index (χ3n) is 6.84. The van der Waals surface area contributed by atoms with E-state index >= 15 is 0 Å². The van der Waals surface area contributed by atoms with Gasteiger partial charge in [0.25, 0.3) is 5.91 Å². The fraction of sp³-hybridized carbons (Fsp3) is 0.571. The number of fused-ring (bicyclic) bond motifs is 1. The average molecular weight is 448 g/mol. The number of likely N-dealkylation sites (tertiary alicyclic amines) is 1. The first-order chi connectivity index (χ1) is 14.8. The summed E-state index contributed by atoms with van der Waals surface area (Å²) in [5, 5.41) is 0. The van der Waals surface area contributed by atoms with Gasteiger partial charge in [0, 0.05) is 18.9 Å². The van der Waals surface area contributed by atoms with Crippen molar-refractivity contribution in [3.8, 4) is 0 Å². The quantitative estimate of drug-likeness (QED) is 0.637. The maximum atomic E-state index is 13.2. The highest BCUT2D eigenvalue weighted by atomic mass is 32.2. The standard InChI is InChI=1S/C21H27N4O5S/c22-20(28)21-17(10-12-24(21)19(27)9-8-15-5-2-1-3-6-15)25(14-18(21)26)31(29,30)16-7-4-11-23-13-16/h4,7,9,11,13,15,17H,1-3,5-6,8,10,12,14H2,(H2,22,28). The topological polar surface area (TPSA) is 131 Å². The van der Waals surface area contributed by atoms with Gasteiger partial charge in [0.2, 0.25) is 15.9 Å². The SMILES string of the molecule is NC(=O)C12C(=O)CN(S(=O)(=O)c3cccnc3)C1CCN2C(=O)[CH]CC1CCCCC1. The van der Waals surface area contributed by atoms with Gasteiger partial charge in [-0.3, -0.25) is 19.4 Å². The van der Waals surface area contributed by atoms with Gasteiger partial charge in [-0.15, -0.1) is 0 Å². The Hall–Kier alpha value is -2.33. The molecule has 31 heavy (non-hydrogen) atoms. The van der Waals surface area contributed by atoms with Crippen molar-refractivity contribution < 1.29 is 22.8 Å². The van der Waals surface area contributed by atoms with E-state index in [2.05, 4.69) is 4.98 Å². The number of primary amides is 1. The zero-order chi connectivity index (χ0) is 22.2. The highest BCUT2D eigenvalue weighted by molar-refractivity contribution is 7.89. The normalized spacial score (nSPS) is 27.4. The summed E-state index contributed by atoms with van der Waals surface area (Å²) < 4.78 is 27.3. The van der Waals surface area contributed by atoms with Crippen LogP contribution in [0.4, 0.5) is 0 Å². The lowest BCUT2D eigenvalue weighted by atomic mass is 9.85. The molecule has 3 heterocycles. The molecule has 0 spiro atoms. The van der Waals surface area contributed by atoms with Crippen molar-refractivity contribution in [2.24, 2.45) is 11.7 Å². The minimum absolute atomic E-state index is 0.0725. The maximum Gasteiger partial charge on any atom is 0.252 e. The van der Waals surface area contributed by atoms with Crippen LogP contribution in [0.2, 0.25) is 0 Å². The lowest BCUT2D eigenvalue weighted by Crippen LogP contribution is -2.64. The minimum Gasteiger partial charge on any atom is -0.367 e. The number of nitrogens with two attached hydrogens (primary N) is 1. The summed E-state index contributed by atoms with van der Waals surface area (Å²) in [5.74, 6) is -1.65. The van der Waals surface area contributed by atoms with E-state index < -0.39 is 45.7 Å². The molecule has 1 saturated carbocycles. The number of rotatable bonds is 6. The van der Waals surface area contributed by atoms with Crippen molar-refractivity contribution in [2.75, 3.05) is 13.1 Å². The minimum atomic E-state index is -4.08. The molecule has 3 aliphatic rings. The molecule has 2 N–H and O–H groups in total. The Morgan fingerprint density at radius 2 is 1.97 bits per heavy atom. The number of hydrogen-bond donors (Lipinski definition) is 1. The number of aromatic nitrogens is 1. The summed E-state index contributed by atoms with van der Waals surface area (Å²) in [6, 6.07) is 1.85. The molecule has 2 aliphatic heterocycles. The fourth-order valence-corrected chi connectivity index (χ4v) is 6.88. The van der Waals surface area contributed by atoms with Crippen LogP contribution in [0.1, 0.15) is 44.9 Å². The molecule has 2 atom stereocenters. The van der Waals surface area contributed by atoms with Crippen LogP contribution in [0.15, 0.2) is 29.4 Å². The maximum absolute atomic E-state index is 13.2. The Kier molecular flexibility index (Phi) is 5.87. The van der Waals surface area contributed by atoms with E-state index in [1.807, 2.05) is 0 Å². The number of ketones is 1. The van der Waals surface area contributed by atoms with Gasteiger partial charge < -0.3 is 10.6 Å². The molecule has 2 saturated heterocycles. The van der Waals surface area contributed by atoms with Crippen LogP contribution >= 0.6 is 0 Å². The van der Waals surface area contributed by atoms with Crippen molar-refractivity contribution in [3.05, 3.63) is 30.9 Å². The Bertz CT molecular complexity index is 977. The molecule has 4 rings (SSSR count). The van der Waals surface area contributed by atoms with Crippen LogP contribution in [0.3, 0.4) is 0 Å². The predicted molar refractivity (Wildman–Crippen MR) is 111 cm³/mol. The highest BCUT2D eigenvalue weighted by Gasteiger charge is 2.68. The van der Waals surface area contributed by atoms with Gasteiger partial charge in [0.1, 0.15) is 4.90 Å². The molecule has 0 bridgehead atoms. The van der Waals surface area contributed by atoms with Gasteiger partial charge in [0.05, 0.1) is 19.0 Å². The van der Waals surface area contributed by atoms with E-state index in [1.165, 1.54) is 42.3 Å². The molecule has 1 radical (unpaired) electrons. The molecule has 9 nitrogen and oxygen atoms in total. The number of pyridine rings is 1. The number of nitrogens with zero attached hydrogens (tertiary/aromatic N) is 3. The van der Waals surface area contributed by atoms with Crippen molar-refractivity contribution >= 4 is 27.6 Å². The zero-order valence-corrected chi connectivity index (χ0v) is 18.1. The second-order valence-electron chi connectivity index (χ2n) is 8.53. The first-order valence-corrected chi connectivity index (χ1v) is 12.1. The lowest BCUT2D eigenvalue weighted by Gasteiger charge is -2.34. The number of hydrogen-bond acceptors (Lipinski definition) is 6. The van der Waals surface area contributed by atoms with E-state index in [0.717, 1.165) is 30.0 Å². The summed E-state index contributed by atoms with van der Waals surface area (Å²) in [4.78, 5) is 43.7. The molecule has 2 amide bonds. The third-order valence-corrected chi connectivity index (χ3v) is 8.68. The molecular weight excluding hydrogens is 420 g/mol. The number of Topliss-reactive ketones (excluding diaryl/α,β-unsaturated/α-hetero) is 1. The zero-order valence-electron chi connectivity index (χ0n) is 17.3. The van der Waals surface area contributed by atoms with Crippen LogP contribution in [0, 0.1) is 12.3 Å². The summed E-state index contributed by atoms with van der Waals surface area (Å²) in [6.07, 6.45) is 10.5. The largest absolute Gasteiger partial charge is 0.367 e. The molecule has 2 unspecified atom stereocenters. The Balaban J connectivity index is 1.59. The highest BCUT2D eigenvalue weighted by Crippen LogP contribution is 2.42. The summed E-state index contributed by atoms with van der Waals surface area (Å²) >= 11 is 0. The van der Waals surface area contributed by atoms with Crippen LogP contribution in [-0.2, 0) is 24.4 Å². The monoisotopic (exact) mass is 447 g/mol. The van der Waals surface area contributed by atoms with E-state index in [1.54, 1.807) is 0 Å². The van der Waals surface area contributed by atoms with Gasteiger partial charge in [-0.05, 0) is 30.9 Å². The first-order valence-electron chi connectivity index (χ1n) is 10.7. The summed E-state index contributed by atoms with van der Waals surface area (Å²) in [5.41, 5.74) is 3.71. The molecule has 3 fully saturated rings. The van der Waals surface area contributed by atoms with E-state index in [9.17, 15) is 22.8 Å². The number of carbonyl (C=O) groups excluding carboxylic acids is 3. The second-order valence-corrected chi connectivity index (χ2v) is 10.4. The Morgan fingerprint density at radius 3 is 2.61 bits per heavy atom. The van der Waals surface area contributed by atoms with Crippen LogP contribution in [0.25, 0.3) is 0 Å². The number of amides is 2.